The maximum absolute atomic E-state index is 5.13. The molecule has 0 saturated carbocycles. The van der Waals surface area contributed by atoms with Crippen LogP contribution >= 0.6 is 11.8 Å². The zero-order valence-electron chi connectivity index (χ0n) is 9.72. The first-order valence-corrected chi connectivity index (χ1v) is 6.89. The van der Waals surface area contributed by atoms with Crippen LogP contribution in [0.3, 0.4) is 0 Å². The largest absolute Gasteiger partial charge is 0.423 e. The van der Waals surface area contributed by atoms with Crippen molar-refractivity contribution in [3.05, 3.63) is 30.7 Å². The molecule has 0 bridgehead atoms. The van der Waals surface area contributed by atoms with Gasteiger partial charge in [0.1, 0.15) is 0 Å². The summed E-state index contributed by atoms with van der Waals surface area (Å²) in [5.41, 5.74) is 2.06. The van der Waals surface area contributed by atoms with Gasteiger partial charge in [-0.05, 0) is 42.7 Å². The van der Waals surface area contributed by atoms with Crippen molar-refractivity contribution in [1.82, 2.24) is 10.2 Å². The molecule has 4 nitrogen and oxygen atoms in total. The number of aromatic nitrogens is 2. The lowest BCUT2D eigenvalue weighted by Crippen LogP contribution is -2.02. The van der Waals surface area contributed by atoms with E-state index in [9.17, 15) is 0 Å². The van der Waals surface area contributed by atoms with Gasteiger partial charge in [-0.25, -0.2) is 0 Å². The van der Waals surface area contributed by atoms with Gasteiger partial charge in [-0.2, -0.15) is 11.8 Å². The number of hydrogen-bond acceptors (Lipinski definition) is 5. The summed E-state index contributed by atoms with van der Waals surface area (Å²) < 4.78 is 5.13. The molecule has 0 aliphatic rings. The maximum Gasteiger partial charge on any atom is 0.247 e. The molecular formula is C12H15N3OS. The number of nitrogens with zero attached hydrogens (tertiary/aromatic N) is 2. The van der Waals surface area contributed by atoms with E-state index in [1.807, 2.05) is 36.0 Å². The summed E-state index contributed by atoms with van der Waals surface area (Å²) in [5.74, 6) is 1.74. The van der Waals surface area contributed by atoms with E-state index in [2.05, 4.69) is 21.8 Å². The van der Waals surface area contributed by atoms with Crippen molar-refractivity contribution in [2.45, 2.75) is 6.42 Å². The molecule has 5 heteroatoms. The van der Waals surface area contributed by atoms with Gasteiger partial charge in [-0.3, -0.25) is 0 Å². The number of hydrogen-bond donors (Lipinski definition) is 1. The summed E-state index contributed by atoms with van der Waals surface area (Å²) in [4.78, 5) is 0. The Morgan fingerprint density at radius 3 is 2.76 bits per heavy atom. The highest BCUT2D eigenvalue weighted by Crippen LogP contribution is 2.18. The fourth-order valence-electron chi connectivity index (χ4n) is 1.48. The summed E-state index contributed by atoms with van der Waals surface area (Å²) in [7, 11) is 0. The molecule has 17 heavy (non-hydrogen) atoms. The lowest BCUT2D eigenvalue weighted by Gasteiger charge is -2.05. The summed E-state index contributed by atoms with van der Waals surface area (Å²) in [6.07, 6.45) is 4.63. The molecule has 0 radical (unpaired) electrons. The average molecular weight is 249 g/mol. The van der Waals surface area contributed by atoms with Crippen molar-refractivity contribution in [2.75, 3.05) is 23.9 Å². The number of nitrogens with one attached hydrogen (secondary N) is 1. The monoisotopic (exact) mass is 249 g/mol. The highest BCUT2D eigenvalue weighted by molar-refractivity contribution is 7.98. The Morgan fingerprint density at radius 1 is 1.29 bits per heavy atom. The minimum absolute atomic E-state index is 0.555. The molecule has 0 atom stereocenters. The third-order valence-corrected chi connectivity index (χ3v) is 3.04. The van der Waals surface area contributed by atoms with E-state index in [-0.39, 0.29) is 0 Å². The van der Waals surface area contributed by atoms with Gasteiger partial charge < -0.3 is 9.73 Å². The Hall–Kier alpha value is -1.49. The van der Waals surface area contributed by atoms with Crippen LogP contribution in [0, 0.1) is 0 Å². The Bertz CT molecular complexity index is 428. The van der Waals surface area contributed by atoms with Gasteiger partial charge in [0.05, 0.1) is 0 Å². The zero-order valence-corrected chi connectivity index (χ0v) is 10.5. The van der Waals surface area contributed by atoms with Crippen molar-refractivity contribution >= 4 is 17.4 Å². The molecule has 2 aromatic rings. The van der Waals surface area contributed by atoms with Gasteiger partial charge in [0.15, 0.2) is 0 Å². The van der Waals surface area contributed by atoms with Crippen molar-refractivity contribution in [2.24, 2.45) is 0 Å². The zero-order chi connectivity index (χ0) is 11.9. The van der Waals surface area contributed by atoms with Crippen LogP contribution in [0.15, 0.2) is 35.1 Å². The molecule has 2 rings (SSSR count). The van der Waals surface area contributed by atoms with Gasteiger partial charge in [0.25, 0.3) is 0 Å². The van der Waals surface area contributed by atoms with E-state index in [1.54, 1.807) is 0 Å². The quantitative estimate of drug-likeness (QED) is 0.798. The van der Waals surface area contributed by atoms with Gasteiger partial charge in [0, 0.05) is 17.8 Å². The molecule has 90 valence electrons. The van der Waals surface area contributed by atoms with E-state index < -0.39 is 0 Å². The molecule has 0 fully saturated rings. The Balaban J connectivity index is 1.90. The molecule has 1 aromatic carbocycles. The molecule has 0 spiro atoms. The SMILES string of the molecule is CSCCCNc1ccc(-c2nnco2)cc1. The second kappa shape index (κ2) is 6.30. The second-order valence-corrected chi connectivity index (χ2v) is 4.58. The molecule has 0 aliphatic heterocycles. The third kappa shape index (κ3) is 3.49. The van der Waals surface area contributed by atoms with E-state index in [0.717, 1.165) is 17.8 Å². The maximum atomic E-state index is 5.13. The van der Waals surface area contributed by atoms with E-state index in [4.69, 9.17) is 4.42 Å². The van der Waals surface area contributed by atoms with Crippen LogP contribution in [-0.4, -0.2) is 28.8 Å². The summed E-state index contributed by atoms with van der Waals surface area (Å²) in [6.45, 7) is 1.00. The fraction of sp³-hybridized carbons (Fsp3) is 0.333. The second-order valence-electron chi connectivity index (χ2n) is 3.59. The Kier molecular flexibility index (Phi) is 4.44. The van der Waals surface area contributed by atoms with Crippen LogP contribution in [0.25, 0.3) is 11.5 Å². The standard InChI is InChI=1S/C12H15N3OS/c1-17-8-2-7-13-11-5-3-10(4-6-11)12-15-14-9-16-12/h3-6,9,13H,2,7-8H2,1H3. The molecule has 0 aliphatic carbocycles. The number of benzene rings is 1. The topological polar surface area (TPSA) is 51.0 Å². The summed E-state index contributed by atoms with van der Waals surface area (Å²) in [6, 6.07) is 8.01. The predicted molar refractivity (Wildman–Crippen MR) is 71.2 cm³/mol. The first kappa shape index (κ1) is 12.0. The molecule has 0 amide bonds. The Labute approximate surface area is 105 Å². The number of anilines is 1. The van der Waals surface area contributed by atoms with Gasteiger partial charge in [-0.1, -0.05) is 0 Å². The smallest absolute Gasteiger partial charge is 0.247 e. The van der Waals surface area contributed by atoms with Gasteiger partial charge in [-0.15, -0.1) is 10.2 Å². The van der Waals surface area contributed by atoms with E-state index in [1.165, 1.54) is 18.6 Å². The molecule has 0 unspecified atom stereocenters. The van der Waals surface area contributed by atoms with E-state index in [0.29, 0.717) is 5.89 Å². The number of thioether (sulfide) groups is 1. The average Bonchev–Trinajstić information content (AvgIpc) is 2.89. The summed E-state index contributed by atoms with van der Waals surface area (Å²) >= 11 is 1.87. The predicted octanol–water partition coefficient (Wildman–Crippen LogP) is 2.90. The van der Waals surface area contributed by atoms with Gasteiger partial charge >= 0.3 is 0 Å². The van der Waals surface area contributed by atoms with Crippen molar-refractivity contribution < 1.29 is 4.42 Å². The van der Waals surface area contributed by atoms with Crippen LogP contribution < -0.4 is 5.32 Å². The minimum Gasteiger partial charge on any atom is -0.423 e. The van der Waals surface area contributed by atoms with E-state index >= 15 is 0 Å². The fourth-order valence-corrected chi connectivity index (χ4v) is 1.91. The molecule has 0 saturated heterocycles. The van der Waals surface area contributed by atoms with Crippen molar-refractivity contribution in [1.29, 1.82) is 0 Å². The lowest BCUT2D eigenvalue weighted by atomic mass is 10.2. The normalized spacial score (nSPS) is 10.4. The first-order valence-electron chi connectivity index (χ1n) is 5.49. The van der Waals surface area contributed by atoms with Crippen LogP contribution in [0.2, 0.25) is 0 Å². The Morgan fingerprint density at radius 2 is 2.12 bits per heavy atom. The molecule has 1 N–H and O–H groups in total. The van der Waals surface area contributed by atoms with Crippen LogP contribution in [-0.2, 0) is 0 Å². The first-order chi connectivity index (χ1) is 8.40. The van der Waals surface area contributed by atoms with Crippen LogP contribution in [0.1, 0.15) is 6.42 Å². The minimum atomic E-state index is 0.555. The van der Waals surface area contributed by atoms with Crippen LogP contribution in [0.5, 0.6) is 0 Å². The third-order valence-electron chi connectivity index (χ3n) is 2.35. The lowest BCUT2D eigenvalue weighted by molar-refractivity contribution is 0.568. The molecule has 1 aromatic heterocycles. The van der Waals surface area contributed by atoms with Crippen molar-refractivity contribution in [3.63, 3.8) is 0 Å². The van der Waals surface area contributed by atoms with Gasteiger partial charge in [0.2, 0.25) is 12.3 Å². The van der Waals surface area contributed by atoms with Crippen LogP contribution in [0.4, 0.5) is 5.69 Å². The summed E-state index contributed by atoms with van der Waals surface area (Å²) in [5, 5.41) is 10.9. The highest BCUT2D eigenvalue weighted by Gasteiger charge is 2.02. The molecular weight excluding hydrogens is 234 g/mol. The van der Waals surface area contributed by atoms with Crippen molar-refractivity contribution in [3.8, 4) is 11.5 Å². The number of rotatable bonds is 6. The highest BCUT2D eigenvalue weighted by atomic mass is 32.2. The molecule has 1 heterocycles.